The van der Waals surface area contributed by atoms with Gasteiger partial charge < -0.3 is 9.47 Å². The molecule has 180 valence electrons. The van der Waals surface area contributed by atoms with Crippen LogP contribution in [0, 0.1) is 0 Å². The molecule has 2 rings (SSSR count). The molecule has 0 aliphatic rings. The molecule has 0 saturated carbocycles. The molecule has 2 aromatic carbocycles. The van der Waals surface area contributed by atoms with Crippen molar-refractivity contribution in [1.29, 1.82) is 0 Å². The monoisotopic (exact) mass is 475 g/mol. The molecule has 0 spiro atoms. The summed E-state index contributed by atoms with van der Waals surface area (Å²) >= 11 is 0. The number of hydrogen-bond acceptors (Lipinski definition) is 6. The van der Waals surface area contributed by atoms with Crippen molar-refractivity contribution in [1.82, 2.24) is 9.73 Å². The molecule has 8 nitrogen and oxygen atoms in total. The summed E-state index contributed by atoms with van der Waals surface area (Å²) in [5, 5.41) is 4.23. The third-order valence-electron chi connectivity index (χ3n) is 4.93. The first-order valence-corrected chi connectivity index (χ1v) is 12.4. The summed E-state index contributed by atoms with van der Waals surface area (Å²) in [5.74, 6) is 0.202. The second-order valence-corrected chi connectivity index (χ2v) is 9.43. The smallest absolute Gasteiger partial charge is 0.255 e. The number of sulfonamides is 1. The minimum atomic E-state index is -4.02. The van der Waals surface area contributed by atoms with Gasteiger partial charge >= 0.3 is 0 Å². The summed E-state index contributed by atoms with van der Waals surface area (Å²) in [5.41, 5.74) is 4.19. The van der Waals surface area contributed by atoms with Gasteiger partial charge in [0, 0.05) is 18.3 Å². The molecule has 1 amide bonds. The van der Waals surface area contributed by atoms with Crippen LogP contribution in [0.15, 0.2) is 58.5 Å². The molecule has 9 heteroatoms. The number of amides is 1. The quantitative estimate of drug-likeness (QED) is 0.349. The highest BCUT2D eigenvalue weighted by Crippen LogP contribution is 2.31. The van der Waals surface area contributed by atoms with Gasteiger partial charge in [0.25, 0.3) is 5.91 Å². The molecule has 0 fully saturated rings. The zero-order valence-electron chi connectivity index (χ0n) is 19.7. The predicted octanol–water partition coefficient (Wildman–Crippen LogP) is 3.97. The molecular weight excluding hydrogens is 442 g/mol. The number of nitrogens with one attached hydrogen (secondary N) is 1. The lowest BCUT2D eigenvalue weighted by atomic mass is 10.1. The number of rotatable bonds is 13. The van der Waals surface area contributed by atoms with Gasteiger partial charge in [0.15, 0.2) is 11.5 Å². The number of benzene rings is 2. The Kier molecular flexibility index (Phi) is 10.3. The van der Waals surface area contributed by atoms with Gasteiger partial charge in [0.2, 0.25) is 10.0 Å². The van der Waals surface area contributed by atoms with Crippen molar-refractivity contribution in [3.8, 4) is 11.5 Å². The van der Waals surface area contributed by atoms with Crippen LogP contribution in [0.4, 0.5) is 0 Å². The Bertz CT molecular complexity index is 1030. The van der Waals surface area contributed by atoms with Crippen LogP contribution in [0.5, 0.6) is 11.5 Å². The first-order valence-electron chi connectivity index (χ1n) is 11.0. The summed E-state index contributed by atoms with van der Waals surface area (Å²) in [6, 6.07) is 13.5. The number of nitrogens with zero attached hydrogens (tertiary/aromatic N) is 2. The van der Waals surface area contributed by atoms with Crippen molar-refractivity contribution in [2.24, 2.45) is 5.10 Å². The van der Waals surface area contributed by atoms with Gasteiger partial charge in [0.05, 0.1) is 25.7 Å². The molecule has 0 radical (unpaired) electrons. The molecule has 0 unspecified atom stereocenters. The summed E-state index contributed by atoms with van der Waals surface area (Å²) in [6.07, 6.45) is 3.41. The molecule has 0 aliphatic heterocycles. The average Bonchev–Trinajstić information content (AvgIpc) is 2.82. The minimum Gasteiger partial charge on any atom is -0.493 e. The maximum absolute atomic E-state index is 13.5. The Morgan fingerprint density at radius 1 is 0.970 bits per heavy atom. The van der Waals surface area contributed by atoms with Crippen molar-refractivity contribution in [2.45, 2.75) is 51.0 Å². The molecule has 0 atom stereocenters. The second kappa shape index (κ2) is 13.0. The van der Waals surface area contributed by atoms with E-state index in [0.29, 0.717) is 5.75 Å². The standard InChI is InChI=1S/C24H33N3O5S/c1-5-10-20(11-6-2)25-26-24(28)18-27(17-19-12-8-7-9-13-19)33(29,30)21-14-15-22(31-3)23(16-21)32-4/h7-9,12-16H,5-6,10-11,17-18H2,1-4H3,(H,26,28). The van der Waals surface area contributed by atoms with Crippen molar-refractivity contribution in [3.05, 3.63) is 54.1 Å². The summed E-state index contributed by atoms with van der Waals surface area (Å²) < 4.78 is 38.6. The van der Waals surface area contributed by atoms with Crippen LogP contribution in [0.2, 0.25) is 0 Å². The summed E-state index contributed by atoms with van der Waals surface area (Å²) in [6.45, 7) is 3.75. The second-order valence-electron chi connectivity index (χ2n) is 7.49. The average molecular weight is 476 g/mol. The topological polar surface area (TPSA) is 97.3 Å². The van der Waals surface area contributed by atoms with Crippen molar-refractivity contribution in [2.75, 3.05) is 20.8 Å². The maximum Gasteiger partial charge on any atom is 0.255 e. The fraction of sp³-hybridized carbons (Fsp3) is 0.417. The summed E-state index contributed by atoms with van der Waals surface area (Å²) in [7, 11) is -1.11. The van der Waals surface area contributed by atoms with Crippen LogP contribution < -0.4 is 14.9 Å². The normalized spacial score (nSPS) is 11.2. The van der Waals surface area contributed by atoms with E-state index < -0.39 is 15.9 Å². The van der Waals surface area contributed by atoms with E-state index in [4.69, 9.17) is 9.47 Å². The number of ether oxygens (including phenoxy) is 2. The lowest BCUT2D eigenvalue weighted by molar-refractivity contribution is -0.121. The third kappa shape index (κ3) is 7.57. The van der Waals surface area contributed by atoms with Crippen LogP contribution in [0.3, 0.4) is 0 Å². The number of carbonyl (C=O) groups excluding carboxylic acids is 1. The van der Waals surface area contributed by atoms with E-state index in [1.165, 1.54) is 32.4 Å². The van der Waals surface area contributed by atoms with Crippen LogP contribution in [-0.2, 0) is 21.4 Å². The van der Waals surface area contributed by atoms with Gasteiger partial charge in [-0.3, -0.25) is 4.79 Å². The van der Waals surface area contributed by atoms with Crippen molar-refractivity contribution in [3.63, 3.8) is 0 Å². The zero-order valence-corrected chi connectivity index (χ0v) is 20.5. The van der Waals surface area contributed by atoms with E-state index in [-0.39, 0.29) is 23.7 Å². The van der Waals surface area contributed by atoms with Crippen molar-refractivity contribution < 1.29 is 22.7 Å². The number of hydrazone groups is 1. The Labute approximate surface area is 196 Å². The van der Waals surface area contributed by atoms with E-state index >= 15 is 0 Å². The molecule has 33 heavy (non-hydrogen) atoms. The molecule has 0 bridgehead atoms. The fourth-order valence-electron chi connectivity index (χ4n) is 3.29. The Morgan fingerprint density at radius 2 is 1.61 bits per heavy atom. The number of methoxy groups -OCH3 is 2. The highest BCUT2D eigenvalue weighted by molar-refractivity contribution is 7.89. The first kappa shape index (κ1) is 26.3. The molecule has 0 heterocycles. The van der Waals surface area contributed by atoms with Crippen LogP contribution in [0.25, 0.3) is 0 Å². The zero-order chi connectivity index (χ0) is 24.3. The molecular formula is C24H33N3O5S. The number of carbonyl (C=O) groups is 1. The van der Waals surface area contributed by atoms with Gasteiger partial charge in [-0.25, -0.2) is 13.8 Å². The van der Waals surface area contributed by atoms with Gasteiger partial charge in [-0.05, 0) is 30.5 Å². The van der Waals surface area contributed by atoms with Crippen LogP contribution in [0.1, 0.15) is 45.1 Å². The van der Waals surface area contributed by atoms with Gasteiger partial charge in [-0.1, -0.05) is 57.0 Å². The minimum absolute atomic E-state index is 0.00466. The van der Waals surface area contributed by atoms with Crippen LogP contribution >= 0.6 is 0 Å². The molecule has 2 aromatic rings. The van der Waals surface area contributed by atoms with Crippen molar-refractivity contribution >= 4 is 21.6 Å². The third-order valence-corrected chi connectivity index (χ3v) is 6.72. The Morgan fingerprint density at radius 3 is 2.18 bits per heavy atom. The fourth-order valence-corrected chi connectivity index (χ4v) is 4.69. The molecule has 0 aliphatic carbocycles. The maximum atomic E-state index is 13.5. The molecule has 0 saturated heterocycles. The SMILES string of the molecule is CCCC(CCC)=NNC(=O)CN(Cc1ccccc1)S(=O)(=O)c1ccc(OC)c(OC)c1. The lowest BCUT2D eigenvalue weighted by Crippen LogP contribution is -2.39. The van der Waals surface area contributed by atoms with E-state index in [0.717, 1.165) is 41.3 Å². The first-order chi connectivity index (χ1) is 15.8. The highest BCUT2D eigenvalue weighted by Gasteiger charge is 2.28. The summed E-state index contributed by atoms with van der Waals surface area (Å²) in [4.78, 5) is 12.7. The number of hydrogen-bond donors (Lipinski definition) is 1. The predicted molar refractivity (Wildman–Crippen MR) is 129 cm³/mol. The van der Waals surface area contributed by atoms with Crippen LogP contribution in [-0.4, -0.2) is 45.1 Å². The Hall–Kier alpha value is -2.91. The largest absolute Gasteiger partial charge is 0.493 e. The van der Waals surface area contributed by atoms with E-state index in [2.05, 4.69) is 10.5 Å². The molecule has 1 N–H and O–H groups in total. The lowest BCUT2D eigenvalue weighted by Gasteiger charge is -2.22. The van der Waals surface area contributed by atoms with E-state index in [9.17, 15) is 13.2 Å². The van der Waals surface area contributed by atoms with E-state index in [1.807, 2.05) is 44.2 Å². The van der Waals surface area contributed by atoms with E-state index in [1.54, 1.807) is 0 Å². The van der Waals surface area contributed by atoms with Gasteiger partial charge in [-0.15, -0.1) is 0 Å². The Balaban J connectivity index is 2.33. The molecule has 0 aromatic heterocycles. The van der Waals surface area contributed by atoms with Gasteiger partial charge in [0.1, 0.15) is 0 Å². The highest BCUT2D eigenvalue weighted by atomic mass is 32.2. The van der Waals surface area contributed by atoms with Gasteiger partial charge in [-0.2, -0.15) is 9.41 Å².